The monoisotopic (exact) mass is 400 g/mol. The first-order valence-corrected chi connectivity index (χ1v) is 13.6. The van der Waals surface area contributed by atoms with Crippen molar-refractivity contribution < 1.29 is 4.74 Å². The van der Waals surface area contributed by atoms with Gasteiger partial charge in [-0.2, -0.15) is 0 Å². The number of benzene rings is 3. The Morgan fingerprint density at radius 2 is 1.34 bits per heavy atom. The fourth-order valence-electron chi connectivity index (χ4n) is 5.12. The van der Waals surface area contributed by atoms with Crippen LogP contribution in [0.25, 0.3) is 11.1 Å². The van der Waals surface area contributed by atoms with E-state index in [1.165, 1.54) is 38.6 Å². The topological polar surface area (TPSA) is 9.23 Å². The maximum Gasteiger partial charge on any atom is 0.121 e. The number of fused-ring (bicyclic) bond motifs is 3. The maximum atomic E-state index is 6.11. The second kappa shape index (κ2) is 6.88. The second-order valence-corrected chi connectivity index (χ2v) is 14.5. The van der Waals surface area contributed by atoms with Crippen LogP contribution in [0.1, 0.15) is 48.6 Å². The van der Waals surface area contributed by atoms with Crippen molar-refractivity contribution in [3.05, 3.63) is 82.9 Å². The predicted molar refractivity (Wildman–Crippen MR) is 127 cm³/mol. The van der Waals surface area contributed by atoms with Crippen molar-refractivity contribution in [3.63, 3.8) is 0 Å². The van der Waals surface area contributed by atoms with Gasteiger partial charge in [0.1, 0.15) is 5.75 Å². The third-order valence-electron chi connectivity index (χ3n) is 6.50. The molecule has 1 nitrogen and oxygen atoms in total. The van der Waals surface area contributed by atoms with Crippen LogP contribution in [0.2, 0.25) is 13.1 Å². The van der Waals surface area contributed by atoms with E-state index in [9.17, 15) is 0 Å². The van der Waals surface area contributed by atoms with Gasteiger partial charge in [-0.25, -0.2) is 0 Å². The standard InChI is InChI=1S/C27H32OSi/c1-18-16-23(27(2,3)4)25(28-5)24(17-18)29(6,7)26-21-14-10-8-12-19(21)20-13-9-11-15-22(20)26/h8-17,26H,1-7H3. The zero-order chi connectivity index (χ0) is 21.0. The van der Waals surface area contributed by atoms with Gasteiger partial charge < -0.3 is 4.74 Å². The van der Waals surface area contributed by atoms with E-state index in [1.807, 2.05) is 7.11 Å². The van der Waals surface area contributed by atoms with Gasteiger partial charge in [0.25, 0.3) is 0 Å². The summed E-state index contributed by atoms with van der Waals surface area (Å²) in [5.41, 5.74) is 8.87. The Balaban J connectivity index is 1.99. The molecule has 0 amide bonds. The smallest absolute Gasteiger partial charge is 0.121 e. The quantitative estimate of drug-likeness (QED) is 0.452. The Bertz CT molecular complexity index is 1030. The highest BCUT2D eigenvalue weighted by Gasteiger charge is 2.44. The first-order chi connectivity index (χ1) is 13.7. The van der Waals surface area contributed by atoms with Crippen molar-refractivity contribution in [2.45, 2.75) is 51.7 Å². The number of rotatable bonds is 3. The fourth-order valence-corrected chi connectivity index (χ4v) is 8.91. The third-order valence-corrected chi connectivity index (χ3v) is 10.3. The van der Waals surface area contributed by atoms with Crippen LogP contribution in [0.15, 0.2) is 60.7 Å². The Hall–Kier alpha value is -2.32. The van der Waals surface area contributed by atoms with E-state index in [-0.39, 0.29) is 5.41 Å². The van der Waals surface area contributed by atoms with Crippen molar-refractivity contribution in [3.8, 4) is 16.9 Å². The van der Waals surface area contributed by atoms with Gasteiger partial charge in [-0.3, -0.25) is 0 Å². The highest BCUT2D eigenvalue weighted by Crippen LogP contribution is 2.49. The summed E-state index contributed by atoms with van der Waals surface area (Å²) in [6.07, 6.45) is 0. The first-order valence-electron chi connectivity index (χ1n) is 10.5. The molecule has 0 aliphatic heterocycles. The Morgan fingerprint density at radius 1 is 0.828 bits per heavy atom. The molecule has 1 aliphatic carbocycles. The van der Waals surface area contributed by atoms with E-state index in [0.717, 1.165) is 5.75 Å². The van der Waals surface area contributed by atoms with Crippen molar-refractivity contribution >= 4 is 13.3 Å². The van der Waals surface area contributed by atoms with Crippen LogP contribution in [0.3, 0.4) is 0 Å². The van der Waals surface area contributed by atoms with E-state index in [0.29, 0.717) is 5.54 Å². The SMILES string of the molecule is COc1c(C(C)(C)C)cc(C)cc1[Si](C)(C)C1c2ccccc2-c2ccccc21. The molecule has 0 N–H and O–H groups in total. The molecular weight excluding hydrogens is 368 g/mol. The van der Waals surface area contributed by atoms with Crippen LogP contribution in [0.5, 0.6) is 5.75 Å². The molecule has 0 aromatic heterocycles. The second-order valence-electron chi connectivity index (χ2n) is 9.97. The average Bonchev–Trinajstić information content (AvgIpc) is 3.02. The minimum atomic E-state index is -1.98. The summed E-state index contributed by atoms with van der Waals surface area (Å²) in [6, 6.07) is 22.7. The molecule has 3 aromatic carbocycles. The first kappa shape index (κ1) is 20.0. The summed E-state index contributed by atoms with van der Waals surface area (Å²) in [6.45, 7) is 14.1. The summed E-state index contributed by atoms with van der Waals surface area (Å²) >= 11 is 0. The molecule has 3 aromatic rings. The number of aryl methyl sites for hydroxylation is 1. The molecular formula is C27H32OSi. The molecule has 150 valence electrons. The molecule has 0 saturated carbocycles. The van der Waals surface area contributed by atoms with Crippen LogP contribution in [-0.4, -0.2) is 15.2 Å². The van der Waals surface area contributed by atoms with Gasteiger partial charge in [0.2, 0.25) is 0 Å². The van der Waals surface area contributed by atoms with E-state index >= 15 is 0 Å². The Labute approximate surface area is 176 Å². The van der Waals surface area contributed by atoms with Crippen LogP contribution in [0, 0.1) is 6.92 Å². The largest absolute Gasteiger partial charge is 0.497 e. The number of methoxy groups -OCH3 is 1. The highest BCUT2D eigenvalue weighted by molar-refractivity contribution is 6.92. The molecule has 0 unspecified atom stereocenters. The van der Waals surface area contributed by atoms with Crippen molar-refractivity contribution in [1.29, 1.82) is 0 Å². The zero-order valence-electron chi connectivity index (χ0n) is 18.8. The molecule has 1 aliphatic rings. The van der Waals surface area contributed by atoms with Gasteiger partial charge in [0.05, 0.1) is 15.2 Å². The van der Waals surface area contributed by atoms with E-state index in [2.05, 4.69) is 101 Å². The fraction of sp³-hybridized carbons (Fsp3) is 0.333. The van der Waals surface area contributed by atoms with Crippen LogP contribution >= 0.6 is 0 Å². The lowest BCUT2D eigenvalue weighted by Crippen LogP contribution is -2.49. The third kappa shape index (κ3) is 3.14. The summed E-state index contributed by atoms with van der Waals surface area (Å²) in [5, 5.41) is 1.43. The summed E-state index contributed by atoms with van der Waals surface area (Å²) in [7, 11) is -0.143. The van der Waals surface area contributed by atoms with Gasteiger partial charge in [-0.1, -0.05) is 100 Å². The Morgan fingerprint density at radius 3 is 1.83 bits per heavy atom. The minimum absolute atomic E-state index is 0.0437. The van der Waals surface area contributed by atoms with Gasteiger partial charge in [0, 0.05) is 5.54 Å². The molecule has 4 rings (SSSR count). The number of hydrogen-bond donors (Lipinski definition) is 0. The van der Waals surface area contributed by atoms with Crippen molar-refractivity contribution in [2.75, 3.05) is 7.11 Å². The van der Waals surface area contributed by atoms with E-state index in [4.69, 9.17) is 4.74 Å². The molecule has 29 heavy (non-hydrogen) atoms. The normalized spacial score (nSPS) is 13.9. The highest BCUT2D eigenvalue weighted by atomic mass is 28.3. The zero-order valence-corrected chi connectivity index (χ0v) is 19.8. The summed E-state index contributed by atoms with van der Waals surface area (Å²) < 4.78 is 6.11. The summed E-state index contributed by atoms with van der Waals surface area (Å²) in [4.78, 5) is 0. The minimum Gasteiger partial charge on any atom is -0.497 e. The summed E-state index contributed by atoms with van der Waals surface area (Å²) in [5.74, 6) is 1.10. The van der Waals surface area contributed by atoms with E-state index in [1.54, 1.807) is 0 Å². The molecule has 0 heterocycles. The molecule has 0 atom stereocenters. The van der Waals surface area contributed by atoms with Gasteiger partial charge in [-0.05, 0) is 45.3 Å². The number of hydrogen-bond acceptors (Lipinski definition) is 1. The van der Waals surface area contributed by atoms with Crippen LogP contribution in [-0.2, 0) is 5.41 Å². The van der Waals surface area contributed by atoms with Crippen LogP contribution < -0.4 is 9.92 Å². The molecule has 2 heteroatoms. The number of ether oxygens (including phenoxy) is 1. The lowest BCUT2D eigenvalue weighted by atomic mass is 9.85. The van der Waals surface area contributed by atoms with Gasteiger partial charge in [0.15, 0.2) is 0 Å². The van der Waals surface area contributed by atoms with E-state index < -0.39 is 8.07 Å². The lowest BCUT2D eigenvalue weighted by Gasteiger charge is -2.35. The molecule has 0 fully saturated rings. The average molecular weight is 401 g/mol. The molecule has 0 radical (unpaired) electrons. The van der Waals surface area contributed by atoms with Gasteiger partial charge >= 0.3 is 0 Å². The predicted octanol–water partition coefficient (Wildman–Crippen LogP) is 6.57. The van der Waals surface area contributed by atoms with Crippen molar-refractivity contribution in [1.82, 2.24) is 0 Å². The Kier molecular flexibility index (Phi) is 4.74. The molecule has 0 saturated heterocycles. The van der Waals surface area contributed by atoms with Crippen molar-refractivity contribution in [2.24, 2.45) is 0 Å². The van der Waals surface area contributed by atoms with Crippen LogP contribution in [0.4, 0.5) is 0 Å². The van der Waals surface area contributed by atoms with Gasteiger partial charge in [-0.15, -0.1) is 0 Å². The lowest BCUT2D eigenvalue weighted by molar-refractivity contribution is 0.400. The molecule has 0 bridgehead atoms. The molecule has 0 spiro atoms. The maximum absolute atomic E-state index is 6.11.